The highest BCUT2D eigenvalue weighted by molar-refractivity contribution is 5.81. The molecule has 0 unspecified atom stereocenters. The van der Waals surface area contributed by atoms with Crippen LogP contribution in [0, 0.1) is 0 Å². The Bertz CT molecular complexity index is 585. The Hall–Kier alpha value is -1.28. The molecule has 1 aromatic heterocycles. The van der Waals surface area contributed by atoms with Crippen LogP contribution in [0.25, 0.3) is 10.9 Å². The third-order valence-electron chi connectivity index (χ3n) is 4.38. The molecule has 108 valence electrons. The van der Waals surface area contributed by atoms with E-state index in [9.17, 15) is 5.11 Å². The van der Waals surface area contributed by atoms with E-state index < -0.39 is 5.60 Å². The van der Waals surface area contributed by atoms with Crippen molar-refractivity contribution in [1.82, 2.24) is 4.57 Å². The van der Waals surface area contributed by atoms with Gasteiger partial charge in [-0.15, -0.1) is 0 Å². The number of nitrogens with zero attached hydrogens (tertiary/aromatic N) is 1. The third-order valence-corrected chi connectivity index (χ3v) is 4.38. The summed E-state index contributed by atoms with van der Waals surface area (Å²) < 4.78 is 2.51. The predicted molar refractivity (Wildman–Crippen MR) is 84.1 cm³/mol. The van der Waals surface area contributed by atoms with Gasteiger partial charge in [0.25, 0.3) is 0 Å². The summed E-state index contributed by atoms with van der Waals surface area (Å²) in [6.07, 6.45) is 7.31. The van der Waals surface area contributed by atoms with Gasteiger partial charge in [0.1, 0.15) is 0 Å². The second-order valence-electron chi connectivity index (χ2n) is 6.85. The highest BCUT2D eigenvalue weighted by Gasteiger charge is 2.23. The van der Waals surface area contributed by atoms with E-state index in [0.29, 0.717) is 6.04 Å². The lowest BCUT2D eigenvalue weighted by Crippen LogP contribution is -2.25. The quantitative estimate of drug-likeness (QED) is 0.876. The molecular weight excluding hydrogens is 246 g/mol. The summed E-state index contributed by atoms with van der Waals surface area (Å²) in [6.45, 7) is 3.80. The Morgan fingerprint density at radius 2 is 1.85 bits per heavy atom. The SMILES string of the molecule is CC(C)(O)Cc1cc2ccccc2n1C1CCCCC1. The molecule has 0 spiro atoms. The van der Waals surface area contributed by atoms with Crippen LogP contribution in [0.5, 0.6) is 0 Å². The highest BCUT2D eigenvalue weighted by Crippen LogP contribution is 2.34. The number of aliphatic hydroxyl groups is 1. The van der Waals surface area contributed by atoms with E-state index in [2.05, 4.69) is 34.9 Å². The van der Waals surface area contributed by atoms with Gasteiger partial charge >= 0.3 is 0 Å². The van der Waals surface area contributed by atoms with Crippen LogP contribution in [-0.4, -0.2) is 15.3 Å². The van der Waals surface area contributed by atoms with E-state index >= 15 is 0 Å². The number of hydrogen-bond acceptors (Lipinski definition) is 1. The van der Waals surface area contributed by atoms with Gasteiger partial charge in [0.05, 0.1) is 5.60 Å². The van der Waals surface area contributed by atoms with E-state index in [1.165, 1.54) is 48.7 Å². The maximum Gasteiger partial charge on any atom is 0.0646 e. The molecule has 2 nitrogen and oxygen atoms in total. The lowest BCUT2D eigenvalue weighted by Gasteiger charge is -2.28. The molecule has 2 aromatic rings. The fourth-order valence-electron chi connectivity index (χ4n) is 3.58. The molecule has 1 aliphatic rings. The van der Waals surface area contributed by atoms with Gasteiger partial charge < -0.3 is 9.67 Å². The molecule has 2 heteroatoms. The molecule has 20 heavy (non-hydrogen) atoms. The number of fused-ring (bicyclic) bond motifs is 1. The molecule has 3 rings (SSSR count). The van der Waals surface area contributed by atoms with E-state index in [1.807, 2.05) is 13.8 Å². The van der Waals surface area contributed by atoms with Crippen molar-refractivity contribution in [3.63, 3.8) is 0 Å². The lowest BCUT2D eigenvalue weighted by atomic mass is 9.94. The molecule has 0 aliphatic heterocycles. The molecule has 0 atom stereocenters. The third kappa shape index (κ3) is 2.76. The highest BCUT2D eigenvalue weighted by atomic mass is 16.3. The minimum atomic E-state index is -0.652. The summed E-state index contributed by atoms with van der Waals surface area (Å²) in [6, 6.07) is 11.5. The molecule has 1 saturated carbocycles. The predicted octanol–water partition coefficient (Wildman–Crippen LogP) is 4.46. The molecule has 0 radical (unpaired) electrons. The van der Waals surface area contributed by atoms with Gasteiger partial charge in [-0.3, -0.25) is 0 Å². The Morgan fingerprint density at radius 1 is 1.15 bits per heavy atom. The zero-order chi connectivity index (χ0) is 14.2. The normalized spacial score (nSPS) is 17.8. The fraction of sp³-hybridized carbons (Fsp3) is 0.556. The standard InChI is InChI=1S/C18H25NO/c1-18(2,20)13-16-12-14-8-6-7-11-17(14)19(16)15-9-4-3-5-10-15/h6-8,11-12,15,20H,3-5,9-10,13H2,1-2H3. The first-order valence-corrected chi connectivity index (χ1v) is 7.86. The second kappa shape index (κ2) is 5.25. The summed E-state index contributed by atoms with van der Waals surface area (Å²) in [5, 5.41) is 11.5. The first-order chi connectivity index (χ1) is 9.54. The Labute approximate surface area is 121 Å². The molecule has 0 bridgehead atoms. The van der Waals surface area contributed by atoms with Gasteiger partial charge in [0.15, 0.2) is 0 Å². The van der Waals surface area contributed by atoms with Crippen LogP contribution >= 0.6 is 0 Å². The number of hydrogen-bond donors (Lipinski definition) is 1. The molecule has 1 N–H and O–H groups in total. The number of rotatable bonds is 3. The van der Waals surface area contributed by atoms with Gasteiger partial charge in [-0.05, 0) is 44.2 Å². The van der Waals surface area contributed by atoms with Crippen molar-refractivity contribution in [2.75, 3.05) is 0 Å². The number of aromatic nitrogens is 1. The maximum absolute atomic E-state index is 10.2. The fourth-order valence-corrected chi connectivity index (χ4v) is 3.58. The van der Waals surface area contributed by atoms with Crippen molar-refractivity contribution in [1.29, 1.82) is 0 Å². The summed E-state index contributed by atoms with van der Waals surface area (Å²) in [5.74, 6) is 0. The first-order valence-electron chi connectivity index (χ1n) is 7.86. The molecule has 0 amide bonds. The zero-order valence-corrected chi connectivity index (χ0v) is 12.6. The average molecular weight is 271 g/mol. The van der Waals surface area contributed by atoms with E-state index in [4.69, 9.17) is 0 Å². The molecule has 1 fully saturated rings. The molecule has 0 saturated heterocycles. The topological polar surface area (TPSA) is 25.2 Å². The van der Waals surface area contributed by atoms with Crippen LogP contribution in [0.15, 0.2) is 30.3 Å². The van der Waals surface area contributed by atoms with Gasteiger partial charge in [-0.1, -0.05) is 37.5 Å². The number of benzene rings is 1. The van der Waals surface area contributed by atoms with E-state index in [0.717, 1.165) is 6.42 Å². The largest absolute Gasteiger partial charge is 0.390 e. The first kappa shape index (κ1) is 13.7. The van der Waals surface area contributed by atoms with Crippen molar-refractivity contribution in [2.24, 2.45) is 0 Å². The van der Waals surface area contributed by atoms with Crippen LogP contribution in [0.2, 0.25) is 0 Å². The van der Waals surface area contributed by atoms with Crippen molar-refractivity contribution >= 4 is 10.9 Å². The van der Waals surface area contributed by atoms with Gasteiger partial charge in [0, 0.05) is 23.7 Å². The van der Waals surface area contributed by atoms with Crippen LogP contribution in [0.4, 0.5) is 0 Å². The van der Waals surface area contributed by atoms with Crippen LogP contribution in [-0.2, 0) is 6.42 Å². The van der Waals surface area contributed by atoms with Gasteiger partial charge in [-0.2, -0.15) is 0 Å². The summed E-state index contributed by atoms with van der Waals surface area (Å²) in [4.78, 5) is 0. The van der Waals surface area contributed by atoms with Crippen LogP contribution in [0.3, 0.4) is 0 Å². The average Bonchev–Trinajstić information content (AvgIpc) is 2.75. The Balaban J connectivity index is 2.07. The number of para-hydroxylation sites is 1. The molecule has 1 aliphatic carbocycles. The minimum absolute atomic E-state index is 0.612. The Kier molecular flexibility index (Phi) is 3.59. The van der Waals surface area contributed by atoms with Crippen molar-refractivity contribution in [2.45, 2.75) is 64.0 Å². The summed E-state index contributed by atoms with van der Waals surface area (Å²) in [7, 11) is 0. The smallest absolute Gasteiger partial charge is 0.0646 e. The second-order valence-corrected chi connectivity index (χ2v) is 6.85. The van der Waals surface area contributed by atoms with E-state index in [1.54, 1.807) is 0 Å². The van der Waals surface area contributed by atoms with Crippen LogP contribution < -0.4 is 0 Å². The monoisotopic (exact) mass is 271 g/mol. The molecular formula is C18H25NO. The van der Waals surface area contributed by atoms with E-state index in [-0.39, 0.29) is 0 Å². The zero-order valence-electron chi connectivity index (χ0n) is 12.6. The molecule has 1 heterocycles. The van der Waals surface area contributed by atoms with Gasteiger partial charge in [-0.25, -0.2) is 0 Å². The summed E-state index contributed by atoms with van der Waals surface area (Å²) >= 11 is 0. The lowest BCUT2D eigenvalue weighted by molar-refractivity contribution is 0.0784. The molecule has 1 aromatic carbocycles. The summed E-state index contributed by atoms with van der Waals surface area (Å²) in [5.41, 5.74) is 1.96. The maximum atomic E-state index is 10.2. The Morgan fingerprint density at radius 3 is 2.55 bits per heavy atom. The van der Waals surface area contributed by atoms with Gasteiger partial charge in [0.2, 0.25) is 0 Å². The van der Waals surface area contributed by atoms with Crippen LogP contribution in [0.1, 0.15) is 57.7 Å². The van der Waals surface area contributed by atoms with Crippen molar-refractivity contribution in [3.05, 3.63) is 36.0 Å². The van der Waals surface area contributed by atoms with Crippen molar-refractivity contribution in [3.8, 4) is 0 Å². The van der Waals surface area contributed by atoms with Crippen molar-refractivity contribution < 1.29 is 5.11 Å². The minimum Gasteiger partial charge on any atom is -0.390 e.